The largest absolute Gasteiger partial charge is 0.490 e. The summed E-state index contributed by atoms with van der Waals surface area (Å²) in [5, 5.41) is 1.99. The number of ether oxygens (including phenoxy) is 1. The highest BCUT2D eigenvalue weighted by atomic mass is 16.5. The van der Waals surface area contributed by atoms with Crippen LogP contribution in [-0.2, 0) is 12.8 Å². The van der Waals surface area contributed by atoms with Crippen molar-refractivity contribution in [2.24, 2.45) is 0 Å². The van der Waals surface area contributed by atoms with E-state index in [1.807, 2.05) is 5.32 Å². The monoisotopic (exact) mass is 219 g/mol. The normalized spacial score (nSPS) is 18.2. The summed E-state index contributed by atoms with van der Waals surface area (Å²) < 4.78 is 5.82. The minimum atomic E-state index is 0.401. The Balaban J connectivity index is 1.98. The fourth-order valence-corrected chi connectivity index (χ4v) is 2.21. The first-order valence-corrected chi connectivity index (χ1v) is 6.23. The quantitative estimate of drug-likeness (QED) is 0.592. The van der Waals surface area contributed by atoms with E-state index in [2.05, 4.69) is 32.2 Å². The maximum absolute atomic E-state index is 5.82. The van der Waals surface area contributed by atoms with Crippen LogP contribution in [0.4, 0.5) is 0 Å². The van der Waals surface area contributed by atoms with Crippen molar-refractivity contribution in [2.75, 3.05) is 6.54 Å². The van der Waals surface area contributed by atoms with Crippen LogP contribution in [-0.4, -0.2) is 12.6 Å². The molecule has 2 N–H and O–H groups in total. The van der Waals surface area contributed by atoms with Gasteiger partial charge >= 0.3 is 0 Å². The second-order valence-corrected chi connectivity index (χ2v) is 4.48. The summed E-state index contributed by atoms with van der Waals surface area (Å²) in [6.45, 7) is 3.28. The van der Waals surface area contributed by atoms with E-state index in [1.165, 1.54) is 17.5 Å². The average molecular weight is 219 g/mol. The number of aryl methyl sites for hydroxylation is 1. The number of fused-ring (bicyclic) bond motifs is 1. The zero-order valence-corrected chi connectivity index (χ0v) is 10.0. The van der Waals surface area contributed by atoms with Crippen LogP contribution in [0, 0.1) is 7.05 Å². The van der Waals surface area contributed by atoms with Crippen molar-refractivity contribution in [1.82, 2.24) is 0 Å². The van der Waals surface area contributed by atoms with E-state index in [-0.39, 0.29) is 0 Å². The first-order chi connectivity index (χ1) is 7.83. The van der Waals surface area contributed by atoms with Gasteiger partial charge in [0.25, 0.3) is 0 Å². The molecule has 1 heterocycles. The van der Waals surface area contributed by atoms with Crippen molar-refractivity contribution in [3.05, 3.63) is 36.4 Å². The van der Waals surface area contributed by atoms with Crippen molar-refractivity contribution < 1.29 is 10.1 Å². The van der Waals surface area contributed by atoms with Gasteiger partial charge in [-0.3, -0.25) is 0 Å². The summed E-state index contributed by atoms with van der Waals surface area (Å²) >= 11 is 0. The van der Waals surface area contributed by atoms with Crippen molar-refractivity contribution in [3.63, 3.8) is 0 Å². The Labute approximate surface area is 98.0 Å². The molecule has 88 valence electrons. The molecular weight excluding hydrogens is 198 g/mol. The second kappa shape index (κ2) is 5.35. The van der Waals surface area contributed by atoms with Crippen LogP contribution in [0.25, 0.3) is 0 Å². The van der Waals surface area contributed by atoms with Crippen molar-refractivity contribution in [1.29, 1.82) is 0 Å². The third kappa shape index (κ3) is 2.56. The smallest absolute Gasteiger partial charge is 0.123 e. The Hall–Kier alpha value is -1.02. The molecule has 2 nitrogen and oxygen atoms in total. The molecule has 1 aromatic carbocycles. The first kappa shape index (κ1) is 11.5. The van der Waals surface area contributed by atoms with Gasteiger partial charge < -0.3 is 10.1 Å². The summed E-state index contributed by atoms with van der Waals surface area (Å²) in [5.41, 5.74) is 2.82. The molecule has 16 heavy (non-hydrogen) atoms. The molecule has 0 amide bonds. The number of nitrogens with two attached hydrogens (primary N) is 1. The molecule has 1 aliphatic rings. The van der Waals surface area contributed by atoms with Gasteiger partial charge in [-0.25, -0.2) is 0 Å². The van der Waals surface area contributed by atoms with Gasteiger partial charge in [-0.15, -0.1) is 0 Å². The van der Waals surface area contributed by atoms with Gasteiger partial charge in [0.15, 0.2) is 0 Å². The van der Waals surface area contributed by atoms with E-state index in [0.29, 0.717) is 6.10 Å². The van der Waals surface area contributed by atoms with Gasteiger partial charge in [0.1, 0.15) is 11.9 Å². The highest BCUT2D eigenvalue weighted by Gasteiger charge is 2.20. The molecule has 2 rings (SSSR count). The average Bonchev–Trinajstić information content (AvgIpc) is 2.71. The number of quaternary nitrogens is 1. The molecule has 1 aliphatic heterocycles. The van der Waals surface area contributed by atoms with Crippen LogP contribution in [0.5, 0.6) is 5.75 Å². The number of hydrogen-bond acceptors (Lipinski definition) is 1. The molecule has 0 radical (unpaired) electrons. The Morgan fingerprint density at radius 2 is 2.38 bits per heavy atom. The third-order valence-electron chi connectivity index (χ3n) is 3.20. The summed E-state index contributed by atoms with van der Waals surface area (Å²) in [6.07, 6.45) is 4.93. The second-order valence-electron chi connectivity index (χ2n) is 4.48. The lowest BCUT2D eigenvalue weighted by molar-refractivity contribution is -0.595. The number of hydrogen-bond donors (Lipinski definition) is 1. The van der Waals surface area contributed by atoms with E-state index in [0.717, 1.165) is 31.6 Å². The summed E-state index contributed by atoms with van der Waals surface area (Å²) in [7, 11) is 3.75. The Kier molecular flexibility index (Phi) is 3.83. The van der Waals surface area contributed by atoms with Crippen LogP contribution in [0.15, 0.2) is 18.2 Å². The third-order valence-corrected chi connectivity index (χ3v) is 3.20. The van der Waals surface area contributed by atoms with Crippen molar-refractivity contribution in [2.45, 2.75) is 38.7 Å². The predicted octanol–water partition coefficient (Wildman–Crippen LogP) is 1.69. The van der Waals surface area contributed by atoms with Gasteiger partial charge in [0, 0.05) is 6.42 Å². The molecule has 0 saturated carbocycles. The summed E-state index contributed by atoms with van der Waals surface area (Å²) in [6, 6.07) is 6.64. The number of rotatable bonds is 5. The van der Waals surface area contributed by atoms with Gasteiger partial charge in [-0.2, -0.15) is 7.05 Å². The Bertz CT molecular complexity index is 349. The maximum Gasteiger partial charge on any atom is 0.123 e. The van der Waals surface area contributed by atoms with Gasteiger partial charge in [0.05, 0.1) is 6.54 Å². The topological polar surface area (TPSA) is 25.8 Å². The van der Waals surface area contributed by atoms with Crippen molar-refractivity contribution >= 4 is 0 Å². The molecule has 0 aromatic heterocycles. The Morgan fingerprint density at radius 3 is 3.12 bits per heavy atom. The predicted molar refractivity (Wildman–Crippen MR) is 65.3 cm³/mol. The lowest BCUT2D eigenvalue weighted by Gasteiger charge is -2.06. The molecule has 1 atom stereocenters. The molecule has 2 heteroatoms. The molecule has 0 aliphatic carbocycles. The minimum absolute atomic E-state index is 0.401. The SMILES string of the molecule is [CH2-][NH2+]CCCc1ccc2c(c1)CC(CC)O2. The van der Waals surface area contributed by atoms with Gasteiger partial charge in [-0.1, -0.05) is 19.1 Å². The molecule has 0 fully saturated rings. The zero-order valence-electron chi connectivity index (χ0n) is 10.0. The van der Waals surface area contributed by atoms with Crippen LogP contribution >= 0.6 is 0 Å². The highest BCUT2D eigenvalue weighted by molar-refractivity contribution is 5.40. The number of benzene rings is 1. The zero-order chi connectivity index (χ0) is 11.4. The lowest BCUT2D eigenvalue weighted by atomic mass is 10.0. The van der Waals surface area contributed by atoms with Gasteiger partial charge in [0.2, 0.25) is 0 Å². The molecule has 0 spiro atoms. The maximum atomic E-state index is 5.82. The molecule has 1 aromatic rings. The Morgan fingerprint density at radius 1 is 1.50 bits per heavy atom. The minimum Gasteiger partial charge on any atom is -0.490 e. The van der Waals surface area contributed by atoms with Crippen LogP contribution in [0.2, 0.25) is 0 Å². The fourth-order valence-electron chi connectivity index (χ4n) is 2.21. The molecule has 0 saturated heterocycles. The lowest BCUT2D eigenvalue weighted by Crippen LogP contribution is -2.76. The van der Waals surface area contributed by atoms with Crippen LogP contribution < -0.4 is 10.1 Å². The standard InChI is InChI=1S/C14H21NO/c1-3-13-10-12-9-11(5-4-8-15-2)6-7-14(12)16-13/h6-7,9,13H,2-5,8,10,15H2,1H3. The highest BCUT2D eigenvalue weighted by Crippen LogP contribution is 2.30. The summed E-state index contributed by atoms with van der Waals surface area (Å²) in [5.74, 6) is 1.10. The van der Waals surface area contributed by atoms with Gasteiger partial charge in [-0.05, 0) is 36.5 Å². The summed E-state index contributed by atoms with van der Waals surface area (Å²) in [4.78, 5) is 0. The van der Waals surface area contributed by atoms with E-state index in [1.54, 1.807) is 0 Å². The van der Waals surface area contributed by atoms with E-state index >= 15 is 0 Å². The van der Waals surface area contributed by atoms with E-state index in [9.17, 15) is 0 Å². The molecule has 1 unspecified atom stereocenters. The van der Waals surface area contributed by atoms with Crippen LogP contribution in [0.1, 0.15) is 30.9 Å². The van der Waals surface area contributed by atoms with E-state index < -0.39 is 0 Å². The van der Waals surface area contributed by atoms with Crippen LogP contribution in [0.3, 0.4) is 0 Å². The van der Waals surface area contributed by atoms with E-state index in [4.69, 9.17) is 4.74 Å². The fraction of sp³-hybridized carbons (Fsp3) is 0.500. The van der Waals surface area contributed by atoms with Crippen molar-refractivity contribution in [3.8, 4) is 5.75 Å². The first-order valence-electron chi connectivity index (χ1n) is 6.23. The molecular formula is C14H21NO. The molecule has 0 bridgehead atoms.